The Morgan fingerprint density at radius 2 is 1.50 bits per heavy atom. The van der Waals surface area contributed by atoms with Gasteiger partial charge in [-0.1, -0.05) is 12.1 Å². The van der Waals surface area contributed by atoms with Crippen LogP contribution in [0, 0.1) is 10.1 Å². The van der Waals surface area contributed by atoms with Gasteiger partial charge < -0.3 is 23.8 Å². The second-order valence-corrected chi connectivity index (χ2v) is 6.87. The summed E-state index contributed by atoms with van der Waals surface area (Å²) < 4.78 is 21.3. The van der Waals surface area contributed by atoms with Crippen molar-refractivity contribution >= 4 is 17.6 Å². The summed E-state index contributed by atoms with van der Waals surface area (Å²) in [6.07, 6.45) is 0. The molecule has 32 heavy (non-hydrogen) atoms. The largest absolute Gasteiger partial charge is 0.463 e. The molecule has 0 atom stereocenters. The number of ether oxygens (including phenoxy) is 4. The summed E-state index contributed by atoms with van der Waals surface area (Å²) in [5, 5.41) is 11.4. The maximum atomic E-state index is 13.1. The summed E-state index contributed by atoms with van der Waals surface area (Å²) in [6, 6.07) is 5.80. The second-order valence-electron chi connectivity index (χ2n) is 6.87. The minimum Gasteiger partial charge on any atom is -0.463 e. The van der Waals surface area contributed by atoms with Crippen molar-refractivity contribution < 1.29 is 33.5 Å². The number of carbonyl (C=O) groups is 2. The molecule has 0 unspecified atom stereocenters. The van der Waals surface area contributed by atoms with Gasteiger partial charge in [-0.05, 0) is 19.4 Å². The van der Waals surface area contributed by atoms with Crippen molar-refractivity contribution in [2.45, 2.75) is 19.8 Å². The van der Waals surface area contributed by atoms with E-state index in [-0.39, 0.29) is 43.3 Å². The van der Waals surface area contributed by atoms with Gasteiger partial charge in [0, 0.05) is 33.4 Å². The summed E-state index contributed by atoms with van der Waals surface area (Å²) in [6.45, 7) is 3.64. The van der Waals surface area contributed by atoms with Gasteiger partial charge in [0.15, 0.2) is 0 Å². The molecule has 0 bridgehead atoms. The van der Waals surface area contributed by atoms with E-state index in [0.29, 0.717) is 17.0 Å². The number of hydrogen-bond donors (Lipinski definition) is 0. The van der Waals surface area contributed by atoms with Crippen LogP contribution < -0.4 is 0 Å². The zero-order valence-electron chi connectivity index (χ0n) is 18.9. The predicted octanol–water partition coefficient (Wildman–Crippen LogP) is 2.55. The van der Waals surface area contributed by atoms with Gasteiger partial charge in [0.25, 0.3) is 5.69 Å². The lowest BCUT2D eigenvalue weighted by Crippen LogP contribution is -2.38. The zero-order valence-corrected chi connectivity index (χ0v) is 18.9. The summed E-state index contributed by atoms with van der Waals surface area (Å²) in [7, 11) is 4.64. The molecule has 0 N–H and O–H groups in total. The number of nitrogens with zero attached hydrogens (tertiary/aromatic N) is 2. The molecule has 1 aliphatic rings. The van der Waals surface area contributed by atoms with Crippen LogP contribution in [0.4, 0.5) is 5.69 Å². The summed E-state index contributed by atoms with van der Waals surface area (Å²) in [5.74, 6) is -2.28. The highest BCUT2D eigenvalue weighted by Gasteiger charge is 2.42. The molecular weight excluding hydrogens is 420 g/mol. The van der Waals surface area contributed by atoms with Gasteiger partial charge in [0.2, 0.25) is 0 Å². The fourth-order valence-electron chi connectivity index (χ4n) is 3.66. The van der Waals surface area contributed by atoms with Crippen LogP contribution in [0.15, 0.2) is 46.8 Å². The van der Waals surface area contributed by atoms with E-state index < -0.39 is 22.8 Å². The predicted molar refractivity (Wildman–Crippen MR) is 115 cm³/mol. The summed E-state index contributed by atoms with van der Waals surface area (Å²) in [4.78, 5) is 38.8. The molecule has 0 amide bonds. The number of rotatable bonds is 10. The second kappa shape index (κ2) is 11.4. The van der Waals surface area contributed by atoms with Crippen LogP contribution >= 0.6 is 0 Å². The molecule has 0 saturated heterocycles. The van der Waals surface area contributed by atoms with Gasteiger partial charge in [-0.2, -0.15) is 0 Å². The molecule has 2 rings (SSSR count). The highest BCUT2D eigenvalue weighted by molar-refractivity contribution is 6.00. The Hall–Kier alpha value is -3.24. The van der Waals surface area contributed by atoms with Crippen LogP contribution in [0.2, 0.25) is 0 Å². The molecule has 1 aromatic carbocycles. The van der Waals surface area contributed by atoms with Crippen LogP contribution in [-0.2, 0) is 28.5 Å². The number of esters is 2. The number of benzene rings is 1. The molecule has 1 heterocycles. The van der Waals surface area contributed by atoms with E-state index in [4.69, 9.17) is 18.9 Å². The lowest BCUT2D eigenvalue weighted by molar-refractivity contribution is -0.384. The SMILES string of the molecule is CCOC(=O)C1=C(COC)N(C)C(COC)=C(C(=O)OCC)C1c1cccc([N+](=O)[O-])c1. The van der Waals surface area contributed by atoms with Crippen molar-refractivity contribution in [1.82, 2.24) is 4.90 Å². The van der Waals surface area contributed by atoms with Crippen molar-refractivity contribution in [3.63, 3.8) is 0 Å². The third-order valence-electron chi connectivity index (χ3n) is 4.98. The van der Waals surface area contributed by atoms with Gasteiger partial charge in [-0.15, -0.1) is 0 Å². The van der Waals surface area contributed by atoms with Crippen LogP contribution in [0.25, 0.3) is 0 Å². The number of non-ortho nitro benzene ring substituents is 1. The number of nitro groups is 1. The maximum Gasteiger partial charge on any atom is 0.336 e. The first-order valence-corrected chi connectivity index (χ1v) is 10.1. The van der Waals surface area contributed by atoms with E-state index in [9.17, 15) is 19.7 Å². The molecule has 0 aromatic heterocycles. The first-order chi connectivity index (χ1) is 15.3. The Balaban J connectivity index is 2.90. The van der Waals surface area contributed by atoms with Gasteiger partial charge in [0.1, 0.15) is 0 Å². The highest BCUT2D eigenvalue weighted by Crippen LogP contribution is 2.43. The highest BCUT2D eigenvalue weighted by atomic mass is 16.6. The number of carbonyl (C=O) groups excluding carboxylic acids is 2. The van der Waals surface area contributed by atoms with Crippen molar-refractivity contribution in [3.05, 3.63) is 62.5 Å². The van der Waals surface area contributed by atoms with Crippen LogP contribution in [0.1, 0.15) is 25.3 Å². The first kappa shape index (κ1) is 25.0. The molecule has 0 aliphatic carbocycles. The van der Waals surface area contributed by atoms with E-state index in [1.54, 1.807) is 31.9 Å². The zero-order chi connectivity index (χ0) is 23.8. The Morgan fingerprint density at radius 3 is 1.91 bits per heavy atom. The van der Waals surface area contributed by atoms with Gasteiger partial charge >= 0.3 is 11.9 Å². The third kappa shape index (κ3) is 5.14. The van der Waals surface area contributed by atoms with E-state index in [2.05, 4.69) is 0 Å². The monoisotopic (exact) mass is 448 g/mol. The minimum absolute atomic E-state index is 0.0411. The number of nitro benzene ring substituents is 1. The average molecular weight is 448 g/mol. The van der Waals surface area contributed by atoms with E-state index >= 15 is 0 Å². The maximum absolute atomic E-state index is 13.1. The Labute approximate surface area is 186 Å². The Bertz CT molecular complexity index is 892. The van der Waals surface area contributed by atoms with Crippen LogP contribution in [0.3, 0.4) is 0 Å². The van der Waals surface area contributed by atoms with Crippen molar-refractivity contribution in [3.8, 4) is 0 Å². The quantitative estimate of drug-likeness (QED) is 0.302. The number of methoxy groups -OCH3 is 2. The lowest BCUT2D eigenvalue weighted by Gasteiger charge is -2.37. The minimum atomic E-state index is -0.973. The molecule has 1 aliphatic heterocycles. The smallest absolute Gasteiger partial charge is 0.336 e. The van der Waals surface area contributed by atoms with Crippen molar-refractivity contribution in [1.29, 1.82) is 0 Å². The van der Waals surface area contributed by atoms with E-state index in [1.807, 2.05) is 0 Å². The normalized spacial score (nSPS) is 14.6. The molecular formula is C22H28N2O8. The number of hydrogen-bond acceptors (Lipinski definition) is 9. The Kier molecular flexibility index (Phi) is 8.91. The molecule has 1 aromatic rings. The molecule has 174 valence electrons. The number of likely N-dealkylation sites (N-methyl/N-ethyl adjacent to an activating group) is 1. The fourth-order valence-corrected chi connectivity index (χ4v) is 3.66. The third-order valence-corrected chi connectivity index (χ3v) is 4.98. The Morgan fingerprint density at radius 1 is 1.00 bits per heavy atom. The topological polar surface area (TPSA) is 117 Å². The van der Waals surface area contributed by atoms with Gasteiger partial charge in [-0.3, -0.25) is 10.1 Å². The van der Waals surface area contributed by atoms with Crippen molar-refractivity contribution in [2.24, 2.45) is 0 Å². The molecule has 10 heteroatoms. The average Bonchev–Trinajstić information content (AvgIpc) is 2.76. The summed E-state index contributed by atoms with van der Waals surface area (Å²) in [5.41, 5.74) is 1.43. The fraction of sp³-hybridized carbons (Fsp3) is 0.455. The first-order valence-electron chi connectivity index (χ1n) is 10.1. The van der Waals surface area contributed by atoms with Crippen molar-refractivity contribution in [2.75, 3.05) is 47.7 Å². The molecule has 0 spiro atoms. The van der Waals surface area contributed by atoms with E-state index in [0.717, 1.165) is 0 Å². The summed E-state index contributed by atoms with van der Waals surface area (Å²) >= 11 is 0. The van der Waals surface area contributed by atoms with Gasteiger partial charge in [0.05, 0.1) is 59.8 Å². The molecule has 0 saturated carbocycles. The van der Waals surface area contributed by atoms with E-state index in [1.165, 1.54) is 32.4 Å². The van der Waals surface area contributed by atoms with Crippen LogP contribution in [-0.4, -0.2) is 69.5 Å². The molecule has 0 radical (unpaired) electrons. The lowest BCUT2D eigenvalue weighted by atomic mass is 9.79. The standard InChI is InChI=1S/C22H28N2O8/c1-6-31-21(25)19-16(12-29-4)23(3)17(13-30-5)20(22(26)32-7-2)18(19)14-9-8-10-15(11-14)24(27)28/h8-11,18H,6-7,12-13H2,1-5H3. The van der Waals surface area contributed by atoms with Gasteiger partial charge in [-0.25, -0.2) is 9.59 Å². The molecule has 0 fully saturated rings. The van der Waals surface area contributed by atoms with Crippen LogP contribution in [0.5, 0.6) is 0 Å². The molecule has 10 nitrogen and oxygen atoms in total.